The first kappa shape index (κ1) is 12.6. The molecule has 0 aliphatic carbocycles. The summed E-state index contributed by atoms with van der Waals surface area (Å²) in [6, 6.07) is 7.93. The molecule has 2 rings (SSSR count). The Morgan fingerprint density at radius 1 is 1.28 bits per heavy atom. The molecule has 18 heavy (non-hydrogen) atoms. The Bertz CT molecular complexity index is 668. The van der Waals surface area contributed by atoms with Gasteiger partial charge in [-0.15, -0.1) is 0 Å². The van der Waals surface area contributed by atoms with Crippen LogP contribution in [0.1, 0.15) is 25.0 Å². The molecule has 94 valence electrons. The van der Waals surface area contributed by atoms with E-state index in [0.29, 0.717) is 5.56 Å². The molecule has 3 nitrogen and oxygen atoms in total. The summed E-state index contributed by atoms with van der Waals surface area (Å²) in [6.45, 7) is 3.60. The monoisotopic (exact) mass is 243 g/mol. The molecule has 0 atom stereocenters. The molecular weight excluding hydrogens is 226 g/mol. The minimum atomic E-state index is -0.0815. The summed E-state index contributed by atoms with van der Waals surface area (Å²) >= 11 is 0. The second kappa shape index (κ2) is 4.77. The lowest BCUT2D eigenvalue weighted by Crippen LogP contribution is -2.22. The van der Waals surface area contributed by atoms with Crippen LogP contribution in [0.15, 0.2) is 29.1 Å². The molecule has 0 N–H and O–H groups in total. The summed E-state index contributed by atoms with van der Waals surface area (Å²) in [6.07, 6.45) is 1.17. The fourth-order valence-corrected chi connectivity index (χ4v) is 2.21. The van der Waals surface area contributed by atoms with Crippen LogP contribution < -0.4 is 5.56 Å². The van der Waals surface area contributed by atoms with Gasteiger partial charge in [0.25, 0.3) is 5.56 Å². The van der Waals surface area contributed by atoms with Crippen LogP contribution in [0.2, 0.25) is 0 Å². The molecule has 0 amide bonds. The van der Waals surface area contributed by atoms with Gasteiger partial charge in [0.2, 0.25) is 0 Å². The molecule has 0 aliphatic heterocycles. The minimum absolute atomic E-state index is 0.0121. The molecule has 2 aromatic rings. The number of ketones is 1. The van der Waals surface area contributed by atoms with E-state index in [-0.39, 0.29) is 17.8 Å². The zero-order valence-electron chi connectivity index (χ0n) is 11.0. The Balaban J connectivity index is 2.71. The van der Waals surface area contributed by atoms with Crippen LogP contribution in [0.4, 0.5) is 0 Å². The van der Waals surface area contributed by atoms with Gasteiger partial charge in [0.05, 0.1) is 5.52 Å². The summed E-state index contributed by atoms with van der Waals surface area (Å²) in [5.74, 6) is 0.0121. The van der Waals surface area contributed by atoms with Crippen LogP contribution in [-0.2, 0) is 24.7 Å². The first-order valence-electron chi connectivity index (χ1n) is 6.14. The molecule has 3 heteroatoms. The molecule has 0 saturated carbocycles. The van der Waals surface area contributed by atoms with Crippen molar-refractivity contribution < 1.29 is 4.79 Å². The zero-order valence-corrected chi connectivity index (χ0v) is 11.0. The van der Waals surface area contributed by atoms with Crippen LogP contribution in [0, 0.1) is 0 Å². The molecule has 0 spiro atoms. The van der Waals surface area contributed by atoms with Crippen molar-refractivity contribution in [1.82, 2.24) is 4.57 Å². The Kier molecular flexibility index (Phi) is 3.32. The number of aromatic nitrogens is 1. The van der Waals surface area contributed by atoms with Gasteiger partial charge in [-0.05, 0) is 42.5 Å². The first-order chi connectivity index (χ1) is 8.52. The number of carbonyl (C=O) groups is 1. The second-order valence-corrected chi connectivity index (χ2v) is 4.66. The molecule has 0 unspecified atom stereocenters. The number of rotatable bonds is 3. The van der Waals surface area contributed by atoms with Gasteiger partial charge in [-0.2, -0.15) is 0 Å². The zero-order chi connectivity index (χ0) is 13.3. The van der Waals surface area contributed by atoms with Crippen molar-refractivity contribution in [2.24, 2.45) is 7.05 Å². The maximum Gasteiger partial charge on any atom is 0.254 e. The van der Waals surface area contributed by atoms with Gasteiger partial charge in [-0.3, -0.25) is 9.59 Å². The van der Waals surface area contributed by atoms with E-state index in [2.05, 4.69) is 13.0 Å². The van der Waals surface area contributed by atoms with Crippen LogP contribution in [0.3, 0.4) is 0 Å². The fourth-order valence-electron chi connectivity index (χ4n) is 2.21. The van der Waals surface area contributed by atoms with Crippen molar-refractivity contribution in [3.05, 3.63) is 45.7 Å². The molecule has 1 aromatic heterocycles. The Morgan fingerprint density at radius 3 is 2.61 bits per heavy atom. The number of aryl methyl sites for hydroxylation is 2. The summed E-state index contributed by atoms with van der Waals surface area (Å²) in [5.41, 5.74) is 2.63. The van der Waals surface area contributed by atoms with E-state index in [9.17, 15) is 9.59 Å². The molecule has 0 aliphatic rings. The van der Waals surface area contributed by atoms with E-state index in [0.717, 1.165) is 17.3 Å². The molecule has 0 saturated heterocycles. The lowest BCUT2D eigenvalue weighted by Gasteiger charge is -2.09. The number of fused-ring (bicyclic) bond motifs is 1. The van der Waals surface area contributed by atoms with Gasteiger partial charge in [0.15, 0.2) is 0 Å². The van der Waals surface area contributed by atoms with Gasteiger partial charge in [-0.1, -0.05) is 13.0 Å². The van der Waals surface area contributed by atoms with Crippen LogP contribution in [0.25, 0.3) is 10.9 Å². The second-order valence-electron chi connectivity index (χ2n) is 4.66. The maximum atomic E-state index is 12.1. The predicted octanol–water partition coefficient (Wildman–Crippen LogP) is 2.23. The van der Waals surface area contributed by atoms with Crippen molar-refractivity contribution in [3.63, 3.8) is 0 Å². The van der Waals surface area contributed by atoms with Crippen molar-refractivity contribution in [3.8, 4) is 0 Å². The number of benzene rings is 1. The lowest BCUT2D eigenvalue weighted by molar-refractivity contribution is -0.116. The standard InChI is InChI=1S/C15H17NO2/c1-4-11-5-6-14-12(8-11)9-13(7-10(2)17)15(18)16(14)3/h5-6,8-9H,4,7H2,1-3H3. The number of pyridine rings is 1. The van der Waals surface area contributed by atoms with Crippen molar-refractivity contribution in [1.29, 1.82) is 0 Å². The van der Waals surface area contributed by atoms with Crippen LogP contribution in [0.5, 0.6) is 0 Å². The fraction of sp³-hybridized carbons (Fsp3) is 0.333. The van der Waals surface area contributed by atoms with Gasteiger partial charge in [-0.25, -0.2) is 0 Å². The van der Waals surface area contributed by atoms with E-state index in [1.54, 1.807) is 11.6 Å². The Labute approximate surface area is 106 Å². The van der Waals surface area contributed by atoms with Crippen LogP contribution in [-0.4, -0.2) is 10.4 Å². The average Bonchev–Trinajstić information content (AvgIpc) is 2.34. The predicted molar refractivity (Wildman–Crippen MR) is 73.0 cm³/mol. The van der Waals surface area contributed by atoms with E-state index < -0.39 is 0 Å². The van der Waals surface area contributed by atoms with E-state index in [1.807, 2.05) is 18.2 Å². The molecule has 1 aromatic carbocycles. The van der Waals surface area contributed by atoms with Crippen LogP contribution >= 0.6 is 0 Å². The lowest BCUT2D eigenvalue weighted by atomic mass is 10.0. The molecule has 0 radical (unpaired) electrons. The smallest absolute Gasteiger partial charge is 0.254 e. The largest absolute Gasteiger partial charge is 0.311 e. The third kappa shape index (κ3) is 2.21. The number of Topliss-reactive ketones (excluding diaryl/α,β-unsaturated/α-hetero) is 1. The number of hydrogen-bond acceptors (Lipinski definition) is 2. The van der Waals surface area contributed by atoms with Crippen molar-refractivity contribution in [2.45, 2.75) is 26.7 Å². The molecule has 0 bridgehead atoms. The maximum absolute atomic E-state index is 12.1. The number of hydrogen-bond donors (Lipinski definition) is 0. The Hall–Kier alpha value is -1.90. The van der Waals surface area contributed by atoms with Crippen molar-refractivity contribution in [2.75, 3.05) is 0 Å². The summed E-state index contributed by atoms with van der Waals surface area (Å²) in [4.78, 5) is 23.3. The normalized spacial score (nSPS) is 10.8. The van der Waals surface area contributed by atoms with Gasteiger partial charge >= 0.3 is 0 Å². The highest BCUT2D eigenvalue weighted by atomic mass is 16.1. The quantitative estimate of drug-likeness (QED) is 0.829. The third-order valence-corrected chi connectivity index (χ3v) is 3.21. The highest BCUT2D eigenvalue weighted by Gasteiger charge is 2.08. The summed E-state index contributed by atoms with van der Waals surface area (Å²) in [7, 11) is 1.75. The van der Waals surface area contributed by atoms with E-state index >= 15 is 0 Å². The van der Waals surface area contributed by atoms with Gasteiger partial charge < -0.3 is 4.57 Å². The van der Waals surface area contributed by atoms with E-state index in [1.165, 1.54) is 12.5 Å². The number of carbonyl (C=O) groups excluding carboxylic acids is 1. The topological polar surface area (TPSA) is 39.1 Å². The van der Waals surface area contributed by atoms with Gasteiger partial charge in [0, 0.05) is 19.0 Å². The molecule has 1 heterocycles. The molecule has 0 fully saturated rings. The van der Waals surface area contributed by atoms with Crippen molar-refractivity contribution >= 4 is 16.7 Å². The SMILES string of the molecule is CCc1ccc2c(c1)cc(CC(C)=O)c(=O)n2C. The Morgan fingerprint density at radius 2 is 2.00 bits per heavy atom. The highest BCUT2D eigenvalue weighted by molar-refractivity contribution is 5.83. The number of nitrogens with zero attached hydrogens (tertiary/aromatic N) is 1. The molecular formula is C15H17NO2. The summed E-state index contributed by atoms with van der Waals surface area (Å²) < 4.78 is 1.62. The van der Waals surface area contributed by atoms with E-state index in [4.69, 9.17) is 0 Å². The highest BCUT2D eigenvalue weighted by Crippen LogP contribution is 2.16. The van der Waals surface area contributed by atoms with Gasteiger partial charge in [0.1, 0.15) is 5.78 Å². The minimum Gasteiger partial charge on any atom is -0.311 e. The average molecular weight is 243 g/mol. The summed E-state index contributed by atoms with van der Waals surface area (Å²) in [5, 5.41) is 1.02. The first-order valence-corrected chi connectivity index (χ1v) is 6.14. The third-order valence-electron chi connectivity index (χ3n) is 3.21.